The van der Waals surface area contributed by atoms with Gasteiger partial charge in [0.1, 0.15) is 4.83 Å². The molecule has 30 heavy (non-hydrogen) atoms. The van der Waals surface area contributed by atoms with Gasteiger partial charge in [0.05, 0.1) is 16.7 Å². The molecule has 152 valence electrons. The van der Waals surface area contributed by atoms with Gasteiger partial charge in [0, 0.05) is 16.6 Å². The summed E-state index contributed by atoms with van der Waals surface area (Å²) in [5.74, 6) is -0.0219. The molecule has 0 aliphatic carbocycles. The molecule has 2 heterocycles. The molecule has 0 bridgehead atoms. The normalized spacial score (nSPS) is 10.9. The van der Waals surface area contributed by atoms with E-state index in [0.717, 1.165) is 11.1 Å². The van der Waals surface area contributed by atoms with Crippen LogP contribution in [0, 0.1) is 0 Å². The van der Waals surface area contributed by atoms with Crippen LogP contribution in [0.25, 0.3) is 10.2 Å². The molecule has 0 radical (unpaired) electrons. The Morgan fingerprint density at radius 3 is 2.57 bits per heavy atom. The predicted molar refractivity (Wildman–Crippen MR) is 120 cm³/mol. The van der Waals surface area contributed by atoms with Gasteiger partial charge in [-0.1, -0.05) is 47.5 Å². The number of rotatable bonds is 6. The summed E-state index contributed by atoms with van der Waals surface area (Å²) in [6, 6.07) is 16.1. The lowest BCUT2D eigenvalue weighted by Crippen LogP contribution is -2.21. The van der Waals surface area contributed by atoms with Crippen LogP contribution in [-0.2, 0) is 17.8 Å². The summed E-state index contributed by atoms with van der Waals surface area (Å²) < 4.78 is 0. The Bertz CT molecular complexity index is 1220. The predicted octanol–water partition coefficient (Wildman–Crippen LogP) is 5.04. The SMILES string of the molecule is O=C(Cc1cccc(Cl)c1)Nc1n[nH]c2sc(C(=O)NCc3ccc(Cl)cc3)cc12. The van der Waals surface area contributed by atoms with Gasteiger partial charge in [-0.15, -0.1) is 11.3 Å². The Hall–Kier alpha value is -2.87. The molecule has 4 aromatic rings. The fourth-order valence-electron chi connectivity index (χ4n) is 2.90. The van der Waals surface area contributed by atoms with Gasteiger partial charge in [-0.3, -0.25) is 14.7 Å². The van der Waals surface area contributed by atoms with Crippen LogP contribution in [-0.4, -0.2) is 22.0 Å². The number of aromatic amines is 1. The third-order valence-corrected chi connectivity index (χ3v) is 5.88. The Morgan fingerprint density at radius 1 is 1.00 bits per heavy atom. The van der Waals surface area contributed by atoms with Crippen LogP contribution in [0.3, 0.4) is 0 Å². The molecule has 2 aromatic heterocycles. The number of benzene rings is 2. The number of thiophene rings is 1. The van der Waals surface area contributed by atoms with Crippen LogP contribution < -0.4 is 10.6 Å². The first-order chi connectivity index (χ1) is 14.5. The van der Waals surface area contributed by atoms with Crippen molar-refractivity contribution in [3.8, 4) is 0 Å². The first kappa shape index (κ1) is 20.4. The third-order valence-electron chi connectivity index (χ3n) is 4.36. The lowest BCUT2D eigenvalue weighted by Gasteiger charge is -2.04. The van der Waals surface area contributed by atoms with Crippen molar-refractivity contribution in [1.29, 1.82) is 0 Å². The largest absolute Gasteiger partial charge is 0.347 e. The van der Waals surface area contributed by atoms with E-state index in [1.807, 2.05) is 18.2 Å². The molecule has 0 spiro atoms. The Morgan fingerprint density at radius 2 is 1.80 bits per heavy atom. The zero-order chi connectivity index (χ0) is 21.1. The highest BCUT2D eigenvalue weighted by Crippen LogP contribution is 2.29. The zero-order valence-corrected chi connectivity index (χ0v) is 17.9. The average Bonchev–Trinajstić information content (AvgIpc) is 3.29. The number of H-pyrrole nitrogens is 1. The fraction of sp³-hybridized carbons (Fsp3) is 0.0952. The molecule has 0 aliphatic heterocycles. The first-order valence-electron chi connectivity index (χ1n) is 9.03. The third kappa shape index (κ3) is 4.81. The summed E-state index contributed by atoms with van der Waals surface area (Å²) in [5, 5.41) is 14.6. The van der Waals surface area contributed by atoms with E-state index in [2.05, 4.69) is 20.8 Å². The smallest absolute Gasteiger partial charge is 0.261 e. The number of hydrogen-bond acceptors (Lipinski definition) is 4. The van der Waals surface area contributed by atoms with Crippen molar-refractivity contribution in [2.75, 3.05) is 5.32 Å². The molecule has 0 saturated heterocycles. The highest BCUT2D eigenvalue weighted by molar-refractivity contribution is 7.20. The van der Waals surface area contributed by atoms with Crippen LogP contribution in [0.15, 0.2) is 54.6 Å². The van der Waals surface area contributed by atoms with Crippen molar-refractivity contribution < 1.29 is 9.59 Å². The lowest BCUT2D eigenvalue weighted by atomic mass is 10.1. The number of aromatic nitrogens is 2. The molecule has 0 aliphatic rings. The minimum absolute atomic E-state index is 0.174. The molecule has 3 N–H and O–H groups in total. The van der Waals surface area contributed by atoms with E-state index in [1.54, 1.807) is 36.4 Å². The van der Waals surface area contributed by atoms with Crippen molar-refractivity contribution >= 4 is 62.4 Å². The van der Waals surface area contributed by atoms with E-state index in [-0.39, 0.29) is 18.2 Å². The lowest BCUT2D eigenvalue weighted by molar-refractivity contribution is -0.115. The van der Waals surface area contributed by atoms with E-state index < -0.39 is 0 Å². The van der Waals surface area contributed by atoms with Gasteiger partial charge in [-0.2, -0.15) is 5.10 Å². The van der Waals surface area contributed by atoms with Crippen LogP contribution >= 0.6 is 34.5 Å². The maximum Gasteiger partial charge on any atom is 0.261 e. The zero-order valence-electron chi connectivity index (χ0n) is 15.5. The van der Waals surface area contributed by atoms with Crippen molar-refractivity contribution in [1.82, 2.24) is 15.5 Å². The molecule has 0 saturated carbocycles. The maximum absolute atomic E-state index is 12.5. The van der Waals surface area contributed by atoms with Crippen molar-refractivity contribution in [2.45, 2.75) is 13.0 Å². The minimum atomic E-state index is -0.217. The average molecular weight is 459 g/mol. The summed E-state index contributed by atoms with van der Waals surface area (Å²) in [5.41, 5.74) is 1.75. The van der Waals surface area contributed by atoms with Crippen LogP contribution in [0.4, 0.5) is 5.82 Å². The van der Waals surface area contributed by atoms with Crippen molar-refractivity contribution in [3.05, 3.63) is 80.6 Å². The molecular formula is C21H16Cl2N4O2S. The molecule has 2 amide bonds. The van der Waals surface area contributed by atoms with Gasteiger partial charge in [0.15, 0.2) is 5.82 Å². The molecule has 6 nitrogen and oxygen atoms in total. The van der Waals surface area contributed by atoms with E-state index >= 15 is 0 Å². The minimum Gasteiger partial charge on any atom is -0.347 e. The number of nitrogens with zero attached hydrogens (tertiary/aromatic N) is 1. The molecule has 0 atom stereocenters. The van der Waals surface area contributed by atoms with E-state index in [9.17, 15) is 9.59 Å². The second-order valence-corrected chi connectivity index (χ2v) is 8.51. The number of halogens is 2. The maximum atomic E-state index is 12.5. The molecule has 9 heteroatoms. The Labute approximate surface area is 186 Å². The van der Waals surface area contributed by atoms with Crippen LogP contribution in [0.1, 0.15) is 20.8 Å². The number of carbonyl (C=O) groups excluding carboxylic acids is 2. The summed E-state index contributed by atoms with van der Waals surface area (Å²) in [6.07, 6.45) is 0.174. The summed E-state index contributed by atoms with van der Waals surface area (Å²) in [6.45, 7) is 0.392. The Balaban J connectivity index is 1.42. The molecular weight excluding hydrogens is 443 g/mol. The standard InChI is InChI=1S/C21H16Cl2N4O2S/c22-14-6-4-12(5-7-14)11-24-20(29)17-10-16-19(26-27-21(16)30-17)25-18(28)9-13-2-1-3-15(23)8-13/h1-8,10H,9,11H2,(H,24,29)(H2,25,26,27,28). The van der Waals surface area contributed by atoms with Gasteiger partial charge < -0.3 is 10.6 Å². The number of amides is 2. The summed E-state index contributed by atoms with van der Waals surface area (Å²) >= 11 is 13.1. The number of hydrogen-bond donors (Lipinski definition) is 3. The summed E-state index contributed by atoms with van der Waals surface area (Å²) in [7, 11) is 0. The molecule has 2 aromatic carbocycles. The second-order valence-electron chi connectivity index (χ2n) is 6.59. The number of anilines is 1. The van der Waals surface area contributed by atoms with E-state index in [0.29, 0.717) is 37.5 Å². The molecule has 0 unspecified atom stereocenters. The van der Waals surface area contributed by atoms with Crippen molar-refractivity contribution in [3.63, 3.8) is 0 Å². The van der Waals surface area contributed by atoms with Gasteiger partial charge in [0.2, 0.25) is 5.91 Å². The van der Waals surface area contributed by atoms with E-state index in [4.69, 9.17) is 23.2 Å². The Kier molecular flexibility index (Phi) is 6.03. The molecule has 0 fully saturated rings. The number of nitrogens with one attached hydrogen (secondary N) is 3. The summed E-state index contributed by atoms with van der Waals surface area (Å²) in [4.78, 5) is 26.1. The van der Waals surface area contributed by atoms with Gasteiger partial charge in [0.25, 0.3) is 5.91 Å². The van der Waals surface area contributed by atoms with Crippen molar-refractivity contribution in [2.24, 2.45) is 0 Å². The van der Waals surface area contributed by atoms with Gasteiger partial charge >= 0.3 is 0 Å². The number of carbonyl (C=O) groups is 2. The fourth-order valence-corrected chi connectivity index (χ4v) is 4.16. The molecule has 4 rings (SSSR count). The van der Waals surface area contributed by atoms with Crippen LogP contribution in [0.5, 0.6) is 0 Å². The highest BCUT2D eigenvalue weighted by Gasteiger charge is 2.16. The topological polar surface area (TPSA) is 86.9 Å². The number of fused-ring (bicyclic) bond motifs is 1. The van der Waals surface area contributed by atoms with E-state index in [1.165, 1.54) is 11.3 Å². The van der Waals surface area contributed by atoms with Gasteiger partial charge in [-0.25, -0.2) is 0 Å². The quantitative estimate of drug-likeness (QED) is 0.378. The monoisotopic (exact) mass is 458 g/mol. The second kappa shape index (κ2) is 8.87. The van der Waals surface area contributed by atoms with Crippen LogP contribution in [0.2, 0.25) is 10.0 Å². The van der Waals surface area contributed by atoms with Gasteiger partial charge in [-0.05, 0) is 41.5 Å². The highest BCUT2D eigenvalue weighted by atomic mass is 35.5. The first-order valence-corrected chi connectivity index (χ1v) is 10.6.